The first-order valence-electron chi connectivity index (χ1n) is 5.26. The first kappa shape index (κ1) is 11.3. The zero-order valence-electron chi connectivity index (χ0n) is 9.31. The maximum Gasteiger partial charge on any atom is 0.156 e. The van der Waals surface area contributed by atoms with Gasteiger partial charge in [0.05, 0.1) is 5.69 Å². The van der Waals surface area contributed by atoms with Crippen LogP contribution in [0.2, 0.25) is 0 Å². The van der Waals surface area contributed by atoms with E-state index in [1.54, 1.807) is 0 Å². The number of hydrogen-bond acceptors (Lipinski definition) is 3. The van der Waals surface area contributed by atoms with Crippen molar-refractivity contribution in [3.05, 3.63) is 34.1 Å². The van der Waals surface area contributed by atoms with E-state index in [0.717, 1.165) is 34.4 Å². The molecular weight excluding hydrogens is 268 g/mol. The number of hydrogen-bond donors (Lipinski definition) is 0. The highest BCUT2D eigenvalue weighted by molar-refractivity contribution is 9.10. The lowest BCUT2D eigenvalue weighted by atomic mass is 10.2. The molecule has 0 N–H and O–H groups in total. The Hall–Kier alpha value is -1.23. The molecule has 0 fully saturated rings. The molecule has 0 amide bonds. The number of aromatic nitrogens is 4. The van der Waals surface area contributed by atoms with Crippen molar-refractivity contribution in [2.75, 3.05) is 0 Å². The van der Waals surface area contributed by atoms with Crippen molar-refractivity contribution in [1.82, 2.24) is 20.2 Å². The molecule has 0 atom stereocenters. The number of halogens is 1. The molecule has 0 unspecified atom stereocenters. The molecule has 0 bridgehead atoms. The molecular formula is C11H13BrN4. The van der Waals surface area contributed by atoms with Gasteiger partial charge in [0.15, 0.2) is 5.82 Å². The lowest BCUT2D eigenvalue weighted by Crippen LogP contribution is -2.04. The number of aryl methyl sites for hydroxylation is 2. The molecule has 5 heteroatoms. The van der Waals surface area contributed by atoms with Crippen LogP contribution in [0.15, 0.2) is 22.7 Å². The third-order valence-corrected chi connectivity index (χ3v) is 2.90. The third-order valence-electron chi connectivity index (χ3n) is 2.41. The van der Waals surface area contributed by atoms with Crippen LogP contribution in [0.1, 0.15) is 24.7 Å². The molecule has 1 heterocycles. The fourth-order valence-electron chi connectivity index (χ4n) is 1.58. The smallest absolute Gasteiger partial charge is 0.156 e. The largest absolute Gasteiger partial charge is 0.197 e. The van der Waals surface area contributed by atoms with Gasteiger partial charge in [-0.15, -0.1) is 5.10 Å². The molecule has 0 aliphatic heterocycles. The van der Waals surface area contributed by atoms with Gasteiger partial charge in [-0.1, -0.05) is 28.9 Å². The van der Waals surface area contributed by atoms with Crippen LogP contribution in [0.3, 0.4) is 0 Å². The van der Waals surface area contributed by atoms with Crippen molar-refractivity contribution >= 4 is 15.9 Å². The van der Waals surface area contributed by atoms with Crippen molar-refractivity contribution < 1.29 is 0 Å². The summed E-state index contributed by atoms with van der Waals surface area (Å²) in [6.45, 7) is 4.17. The van der Waals surface area contributed by atoms with Crippen molar-refractivity contribution in [3.8, 4) is 5.69 Å². The van der Waals surface area contributed by atoms with Crippen LogP contribution >= 0.6 is 15.9 Å². The van der Waals surface area contributed by atoms with E-state index in [-0.39, 0.29) is 0 Å². The summed E-state index contributed by atoms with van der Waals surface area (Å²) < 4.78 is 2.84. The maximum atomic E-state index is 4.04. The van der Waals surface area contributed by atoms with Crippen molar-refractivity contribution in [1.29, 1.82) is 0 Å². The molecule has 0 saturated carbocycles. The quantitative estimate of drug-likeness (QED) is 0.868. The van der Waals surface area contributed by atoms with Gasteiger partial charge in [0.25, 0.3) is 0 Å². The molecule has 1 aromatic carbocycles. The Bertz CT molecular complexity index is 492. The van der Waals surface area contributed by atoms with Crippen LogP contribution < -0.4 is 0 Å². The Morgan fingerprint density at radius 2 is 2.19 bits per heavy atom. The molecule has 16 heavy (non-hydrogen) atoms. The number of benzene rings is 1. The molecule has 84 valence electrons. The van der Waals surface area contributed by atoms with Gasteiger partial charge in [-0.2, -0.15) is 4.68 Å². The lowest BCUT2D eigenvalue weighted by Gasteiger charge is -2.07. The molecule has 0 saturated heterocycles. The van der Waals surface area contributed by atoms with Gasteiger partial charge in [-0.25, -0.2) is 0 Å². The summed E-state index contributed by atoms with van der Waals surface area (Å²) in [6.07, 6.45) is 1.92. The second-order valence-electron chi connectivity index (χ2n) is 3.69. The fraction of sp³-hybridized carbons (Fsp3) is 0.364. The van der Waals surface area contributed by atoms with Crippen LogP contribution in [0.25, 0.3) is 5.69 Å². The number of rotatable bonds is 3. The van der Waals surface area contributed by atoms with Crippen LogP contribution in [-0.4, -0.2) is 20.2 Å². The minimum absolute atomic E-state index is 0.888. The molecule has 1 aromatic heterocycles. The molecule has 0 radical (unpaired) electrons. The first-order chi connectivity index (χ1) is 7.72. The van der Waals surface area contributed by atoms with E-state index in [4.69, 9.17) is 0 Å². The predicted octanol–water partition coefficient (Wildman–Crippen LogP) is 2.69. The highest BCUT2D eigenvalue weighted by Crippen LogP contribution is 2.20. The minimum Gasteiger partial charge on any atom is -0.197 e. The second kappa shape index (κ2) is 4.74. The Morgan fingerprint density at radius 3 is 2.94 bits per heavy atom. The molecule has 0 aliphatic carbocycles. The van der Waals surface area contributed by atoms with Gasteiger partial charge in [-0.05, 0) is 41.5 Å². The monoisotopic (exact) mass is 280 g/mol. The zero-order valence-corrected chi connectivity index (χ0v) is 10.9. The fourth-order valence-corrected chi connectivity index (χ4v) is 1.93. The summed E-state index contributed by atoms with van der Waals surface area (Å²) in [7, 11) is 0. The summed E-state index contributed by atoms with van der Waals surface area (Å²) >= 11 is 3.46. The molecule has 2 rings (SSSR count). The van der Waals surface area contributed by atoms with E-state index < -0.39 is 0 Å². The average molecular weight is 281 g/mol. The summed E-state index contributed by atoms with van der Waals surface area (Å²) in [6, 6.07) is 6.10. The molecule has 0 aliphatic rings. The predicted molar refractivity (Wildman–Crippen MR) is 65.6 cm³/mol. The SMILES string of the molecule is CCCc1nnnn1-c1cc(Br)ccc1C. The highest BCUT2D eigenvalue weighted by Gasteiger charge is 2.09. The van der Waals surface area contributed by atoms with Crippen molar-refractivity contribution in [2.45, 2.75) is 26.7 Å². The summed E-state index contributed by atoms with van der Waals surface area (Å²) in [5.41, 5.74) is 2.19. The van der Waals surface area contributed by atoms with E-state index in [0.29, 0.717) is 0 Å². The van der Waals surface area contributed by atoms with Gasteiger partial charge >= 0.3 is 0 Å². The van der Waals surface area contributed by atoms with Gasteiger partial charge in [0, 0.05) is 10.9 Å². The van der Waals surface area contributed by atoms with E-state index in [1.807, 2.05) is 16.8 Å². The number of nitrogens with zero attached hydrogens (tertiary/aromatic N) is 4. The van der Waals surface area contributed by atoms with Crippen LogP contribution in [0.5, 0.6) is 0 Å². The first-order valence-corrected chi connectivity index (χ1v) is 6.05. The Kier molecular flexibility index (Phi) is 3.33. The van der Waals surface area contributed by atoms with Crippen LogP contribution in [0.4, 0.5) is 0 Å². The standard InChI is InChI=1S/C11H13BrN4/c1-3-4-11-13-14-15-16(11)10-7-9(12)6-5-8(10)2/h5-7H,3-4H2,1-2H3. The highest BCUT2D eigenvalue weighted by atomic mass is 79.9. The van der Waals surface area contributed by atoms with E-state index in [9.17, 15) is 0 Å². The van der Waals surface area contributed by atoms with Crippen LogP contribution in [-0.2, 0) is 6.42 Å². The van der Waals surface area contributed by atoms with Crippen molar-refractivity contribution in [2.24, 2.45) is 0 Å². The van der Waals surface area contributed by atoms with Crippen LogP contribution in [0, 0.1) is 6.92 Å². The summed E-state index contributed by atoms with van der Waals surface area (Å²) in [5, 5.41) is 11.8. The third kappa shape index (κ3) is 2.14. The van der Waals surface area contributed by atoms with Gasteiger partial charge < -0.3 is 0 Å². The second-order valence-corrected chi connectivity index (χ2v) is 4.60. The maximum absolute atomic E-state index is 4.04. The van der Waals surface area contributed by atoms with Gasteiger partial charge in [0.1, 0.15) is 0 Å². The zero-order chi connectivity index (χ0) is 11.5. The summed E-state index contributed by atoms with van der Waals surface area (Å²) in [4.78, 5) is 0. The molecule has 4 nitrogen and oxygen atoms in total. The number of tetrazole rings is 1. The molecule has 2 aromatic rings. The van der Waals surface area contributed by atoms with E-state index >= 15 is 0 Å². The summed E-state index contributed by atoms with van der Waals surface area (Å²) in [5.74, 6) is 0.906. The lowest BCUT2D eigenvalue weighted by molar-refractivity contribution is 0.741. The Labute approximate surface area is 103 Å². The van der Waals surface area contributed by atoms with Gasteiger partial charge in [-0.3, -0.25) is 0 Å². The Morgan fingerprint density at radius 1 is 1.38 bits per heavy atom. The van der Waals surface area contributed by atoms with E-state index in [2.05, 4.69) is 51.4 Å². The van der Waals surface area contributed by atoms with Gasteiger partial charge in [0.2, 0.25) is 0 Å². The normalized spacial score (nSPS) is 10.7. The Balaban J connectivity index is 2.49. The molecule has 0 spiro atoms. The average Bonchev–Trinajstić information content (AvgIpc) is 2.70. The minimum atomic E-state index is 0.888. The topological polar surface area (TPSA) is 43.6 Å². The van der Waals surface area contributed by atoms with Crippen molar-refractivity contribution in [3.63, 3.8) is 0 Å². The van der Waals surface area contributed by atoms with E-state index in [1.165, 1.54) is 0 Å².